The summed E-state index contributed by atoms with van der Waals surface area (Å²) in [7, 11) is 0. The minimum atomic E-state index is -0.989. The van der Waals surface area contributed by atoms with E-state index in [1.165, 1.54) is 23.3 Å². The Balaban J connectivity index is 1.93. The van der Waals surface area contributed by atoms with Crippen molar-refractivity contribution in [2.75, 3.05) is 5.32 Å². The van der Waals surface area contributed by atoms with E-state index < -0.39 is 5.97 Å². The zero-order chi connectivity index (χ0) is 15.0. The number of aromatic nitrogens is 1. The van der Waals surface area contributed by atoms with Crippen LogP contribution in [0.2, 0.25) is 0 Å². The van der Waals surface area contributed by atoms with E-state index in [2.05, 4.69) is 10.3 Å². The highest BCUT2D eigenvalue weighted by atomic mass is 16.4. The van der Waals surface area contributed by atoms with E-state index in [0.29, 0.717) is 17.1 Å². The van der Waals surface area contributed by atoms with Gasteiger partial charge in [-0.15, -0.1) is 0 Å². The molecule has 0 unspecified atom stereocenters. The van der Waals surface area contributed by atoms with Gasteiger partial charge in [0.05, 0.1) is 5.56 Å². The van der Waals surface area contributed by atoms with Crippen LogP contribution in [0.15, 0.2) is 40.8 Å². The highest BCUT2D eigenvalue weighted by Gasteiger charge is 2.10. The number of fused-ring (bicyclic) bond motifs is 1. The van der Waals surface area contributed by atoms with Crippen molar-refractivity contribution < 1.29 is 14.3 Å². The maximum absolute atomic E-state index is 10.9. The molecule has 0 amide bonds. The van der Waals surface area contributed by atoms with Gasteiger partial charge in [-0.3, -0.25) is 0 Å². The molecule has 0 bridgehead atoms. The van der Waals surface area contributed by atoms with Crippen molar-refractivity contribution in [3.63, 3.8) is 0 Å². The molecule has 1 aromatic heterocycles. The molecule has 3 rings (SSSR count). The van der Waals surface area contributed by atoms with E-state index in [9.17, 15) is 4.79 Å². The third kappa shape index (κ3) is 2.58. The average Bonchev–Trinajstić information content (AvgIpc) is 2.84. The first-order valence-corrected chi connectivity index (χ1v) is 6.51. The SMILES string of the molecule is Cc1ccc(Nc2nc3ccc(C(=O)O)cc3o2)cc1C. The van der Waals surface area contributed by atoms with Gasteiger partial charge in [0.15, 0.2) is 5.58 Å². The fourth-order valence-electron chi connectivity index (χ4n) is 2.05. The first-order valence-electron chi connectivity index (χ1n) is 6.51. The Morgan fingerprint density at radius 1 is 1.14 bits per heavy atom. The highest BCUT2D eigenvalue weighted by molar-refractivity contribution is 5.92. The van der Waals surface area contributed by atoms with Crippen LogP contribution in [0.5, 0.6) is 0 Å². The minimum absolute atomic E-state index is 0.177. The van der Waals surface area contributed by atoms with Gasteiger partial charge in [0.1, 0.15) is 5.52 Å². The number of carboxylic acid groups (broad SMARTS) is 1. The summed E-state index contributed by atoms with van der Waals surface area (Å²) in [6, 6.07) is 10.9. The Morgan fingerprint density at radius 3 is 2.67 bits per heavy atom. The van der Waals surface area contributed by atoms with Crippen LogP contribution in [0, 0.1) is 13.8 Å². The molecule has 5 nitrogen and oxygen atoms in total. The third-order valence-electron chi connectivity index (χ3n) is 3.39. The maximum atomic E-state index is 10.9. The summed E-state index contributed by atoms with van der Waals surface area (Å²) in [4.78, 5) is 15.2. The molecule has 0 saturated carbocycles. The lowest BCUT2D eigenvalue weighted by Gasteiger charge is -2.04. The van der Waals surface area contributed by atoms with Gasteiger partial charge in [-0.05, 0) is 55.3 Å². The van der Waals surface area contributed by atoms with Gasteiger partial charge in [-0.2, -0.15) is 4.98 Å². The molecule has 0 radical (unpaired) electrons. The quantitative estimate of drug-likeness (QED) is 0.762. The molecule has 0 aliphatic carbocycles. The van der Waals surface area contributed by atoms with Crippen molar-refractivity contribution in [2.24, 2.45) is 0 Å². The smallest absolute Gasteiger partial charge is 0.335 e. The molecule has 3 aromatic rings. The number of nitrogens with one attached hydrogen (secondary N) is 1. The Hall–Kier alpha value is -2.82. The van der Waals surface area contributed by atoms with Crippen molar-refractivity contribution in [3.8, 4) is 0 Å². The largest absolute Gasteiger partial charge is 0.478 e. The summed E-state index contributed by atoms with van der Waals surface area (Å²) < 4.78 is 5.55. The third-order valence-corrected chi connectivity index (χ3v) is 3.39. The lowest BCUT2D eigenvalue weighted by molar-refractivity contribution is 0.0697. The number of rotatable bonds is 3. The van der Waals surface area contributed by atoms with Gasteiger partial charge < -0.3 is 14.8 Å². The number of aromatic carboxylic acids is 1. The van der Waals surface area contributed by atoms with Crippen LogP contribution < -0.4 is 5.32 Å². The number of benzene rings is 2. The molecular weight excluding hydrogens is 268 g/mol. The molecule has 2 aromatic carbocycles. The number of carbonyl (C=O) groups is 1. The first-order chi connectivity index (χ1) is 10.0. The standard InChI is InChI=1S/C16H14N2O3/c1-9-3-5-12(7-10(9)2)17-16-18-13-6-4-11(15(19)20)8-14(13)21-16/h3-8H,1-2H3,(H,17,18)(H,19,20). The van der Waals surface area contributed by atoms with E-state index in [4.69, 9.17) is 9.52 Å². The average molecular weight is 282 g/mol. The molecule has 1 heterocycles. The van der Waals surface area contributed by atoms with Crippen LogP contribution >= 0.6 is 0 Å². The van der Waals surface area contributed by atoms with Gasteiger partial charge in [-0.1, -0.05) is 6.07 Å². The predicted octanol–water partition coefficient (Wildman–Crippen LogP) is 3.89. The Bertz CT molecular complexity index is 837. The van der Waals surface area contributed by atoms with Gasteiger partial charge in [0.2, 0.25) is 0 Å². The number of aryl methyl sites for hydroxylation is 2. The minimum Gasteiger partial charge on any atom is -0.478 e. The van der Waals surface area contributed by atoms with Crippen molar-refractivity contribution in [1.82, 2.24) is 4.98 Å². The van der Waals surface area contributed by atoms with E-state index in [0.717, 1.165) is 5.69 Å². The summed E-state index contributed by atoms with van der Waals surface area (Å²) in [5.41, 5.74) is 4.50. The number of hydrogen-bond donors (Lipinski definition) is 2. The normalized spacial score (nSPS) is 10.8. The summed E-state index contributed by atoms with van der Waals surface area (Å²) >= 11 is 0. The van der Waals surface area contributed by atoms with Crippen LogP contribution in [0.4, 0.5) is 11.7 Å². The molecular formula is C16H14N2O3. The highest BCUT2D eigenvalue weighted by Crippen LogP contribution is 2.24. The second kappa shape index (κ2) is 4.94. The monoisotopic (exact) mass is 282 g/mol. The predicted molar refractivity (Wildman–Crippen MR) is 80.2 cm³/mol. The topological polar surface area (TPSA) is 75.4 Å². The first kappa shape index (κ1) is 13.2. The molecule has 0 saturated heterocycles. The van der Waals surface area contributed by atoms with Crippen molar-refractivity contribution in [2.45, 2.75) is 13.8 Å². The molecule has 5 heteroatoms. The molecule has 0 fully saturated rings. The van der Waals surface area contributed by atoms with Gasteiger partial charge in [0.25, 0.3) is 6.01 Å². The second-order valence-corrected chi connectivity index (χ2v) is 4.93. The van der Waals surface area contributed by atoms with Gasteiger partial charge in [-0.25, -0.2) is 4.79 Å². The number of oxazole rings is 1. The molecule has 0 aliphatic heterocycles. The van der Waals surface area contributed by atoms with Gasteiger partial charge in [0, 0.05) is 5.69 Å². The molecule has 21 heavy (non-hydrogen) atoms. The number of hydrogen-bond acceptors (Lipinski definition) is 4. The molecule has 2 N–H and O–H groups in total. The van der Waals surface area contributed by atoms with Crippen molar-refractivity contribution >= 4 is 28.8 Å². The van der Waals surface area contributed by atoms with E-state index in [1.54, 1.807) is 6.07 Å². The number of nitrogens with zero attached hydrogens (tertiary/aromatic N) is 1. The molecule has 0 atom stereocenters. The summed E-state index contributed by atoms with van der Waals surface area (Å²) in [5.74, 6) is -0.989. The van der Waals surface area contributed by atoms with Crippen molar-refractivity contribution in [1.29, 1.82) is 0 Å². The Labute approximate surface area is 121 Å². The zero-order valence-corrected chi connectivity index (χ0v) is 11.7. The number of anilines is 2. The fraction of sp³-hybridized carbons (Fsp3) is 0.125. The molecule has 0 spiro atoms. The van der Waals surface area contributed by atoms with E-state index in [-0.39, 0.29) is 5.56 Å². The van der Waals surface area contributed by atoms with Crippen LogP contribution in [-0.2, 0) is 0 Å². The van der Waals surface area contributed by atoms with Crippen molar-refractivity contribution in [3.05, 3.63) is 53.1 Å². The van der Waals surface area contributed by atoms with Crippen LogP contribution in [0.25, 0.3) is 11.1 Å². The number of carboxylic acids is 1. The lowest BCUT2D eigenvalue weighted by atomic mass is 10.1. The Morgan fingerprint density at radius 2 is 1.95 bits per heavy atom. The zero-order valence-electron chi connectivity index (χ0n) is 11.7. The summed E-state index contributed by atoms with van der Waals surface area (Å²) in [5, 5.41) is 12.0. The summed E-state index contributed by atoms with van der Waals surface area (Å²) in [6.45, 7) is 4.08. The van der Waals surface area contributed by atoms with E-state index >= 15 is 0 Å². The molecule has 0 aliphatic rings. The van der Waals surface area contributed by atoms with Crippen LogP contribution in [-0.4, -0.2) is 16.1 Å². The maximum Gasteiger partial charge on any atom is 0.335 e. The van der Waals surface area contributed by atoms with Crippen LogP contribution in [0.3, 0.4) is 0 Å². The molecule has 106 valence electrons. The van der Waals surface area contributed by atoms with Crippen LogP contribution in [0.1, 0.15) is 21.5 Å². The summed E-state index contributed by atoms with van der Waals surface area (Å²) in [6.07, 6.45) is 0. The Kier molecular flexibility index (Phi) is 3.10. The second-order valence-electron chi connectivity index (χ2n) is 4.93. The van der Waals surface area contributed by atoms with E-state index in [1.807, 2.05) is 32.0 Å². The van der Waals surface area contributed by atoms with Gasteiger partial charge >= 0.3 is 5.97 Å². The lowest BCUT2D eigenvalue weighted by Crippen LogP contribution is -1.94. The fourth-order valence-corrected chi connectivity index (χ4v) is 2.05.